The van der Waals surface area contributed by atoms with E-state index in [1.54, 1.807) is 21.3 Å². The van der Waals surface area contributed by atoms with Gasteiger partial charge in [0.05, 0.1) is 21.3 Å². The van der Waals surface area contributed by atoms with Gasteiger partial charge in [-0.1, -0.05) is 36.4 Å². The first kappa shape index (κ1) is 22.2. The molecule has 2 heterocycles. The predicted octanol–water partition coefficient (Wildman–Crippen LogP) is 5.83. The van der Waals surface area contributed by atoms with Crippen LogP contribution in [0, 0.1) is 0 Å². The molecule has 1 saturated heterocycles. The van der Waals surface area contributed by atoms with Crippen molar-refractivity contribution in [1.29, 1.82) is 0 Å². The first-order valence-electron chi connectivity index (χ1n) is 12.4. The van der Waals surface area contributed by atoms with Crippen molar-refractivity contribution in [3.8, 4) is 17.2 Å². The van der Waals surface area contributed by atoms with Gasteiger partial charge in [0.2, 0.25) is 0 Å². The average molecular weight is 469 g/mol. The van der Waals surface area contributed by atoms with Crippen LogP contribution < -0.4 is 19.5 Å². The van der Waals surface area contributed by atoms with Crippen molar-refractivity contribution in [2.24, 2.45) is 0 Å². The van der Waals surface area contributed by atoms with Crippen molar-refractivity contribution in [3.05, 3.63) is 77.4 Å². The van der Waals surface area contributed by atoms with E-state index in [1.807, 2.05) is 0 Å². The van der Waals surface area contributed by atoms with Crippen LogP contribution in [0.15, 0.2) is 60.7 Å². The van der Waals surface area contributed by atoms with Crippen molar-refractivity contribution in [2.45, 2.75) is 38.0 Å². The zero-order chi connectivity index (χ0) is 23.9. The second kappa shape index (κ2) is 9.06. The third-order valence-corrected chi connectivity index (χ3v) is 7.82. The third kappa shape index (κ3) is 3.70. The van der Waals surface area contributed by atoms with Crippen molar-refractivity contribution in [2.75, 3.05) is 27.9 Å². The van der Waals surface area contributed by atoms with Gasteiger partial charge in [-0.05, 0) is 81.9 Å². The molecule has 4 aromatic rings. The second-order valence-corrected chi connectivity index (χ2v) is 9.58. The summed E-state index contributed by atoms with van der Waals surface area (Å²) in [6, 6.07) is 22.2. The fraction of sp³-hybridized carbons (Fsp3) is 0.333. The van der Waals surface area contributed by atoms with Gasteiger partial charge in [0.25, 0.3) is 0 Å². The fourth-order valence-corrected chi connectivity index (χ4v) is 6.18. The van der Waals surface area contributed by atoms with Gasteiger partial charge in [-0.3, -0.25) is 4.90 Å². The van der Waals surface area contributed by atoms with E-state index >= 15 is 0 Å². The Morgan fingerprint density at radius 1 is 0.829 bits per heavy atom. The highest BCUT2D eigenvalue weighted by Gasteiger charge is 2.39. The Morgan fingerprint density at radius 3 is 2.31 bits per heavy atom. The van der Waals surface area contributed by atoms with E-state index in [1.165, 1.54) is 51.1 Å². The maximum Gasteiger partial charge on any atom is 0.161 e. The molecule has 1 N–H and O–H groups in total. The van der Waals surface area contributed by atoms with Crippen LogP contribution in [0.3, 0.4) is 0 Å². The maximum absolute atomic E-state index is 5.73. The molecule has 35 heavy (non-hydrogen) atoms. The maximum atomic E-state index is 5.73. The molecule has 0 aromatic heterocycles. The SMILES string of the molecule is COc1ccc2c3c(c4cc(OC)c(OC)cc4c2c1)CN1CCC[C@H]1[C@H]3NCc1ccccc1. The highest BCUT2D eigenvalue weighted by Crippen LogP contribution is 2.47. The van der Waals surface area contributed by atoms with Gasteiger partial charge in [-0.15, -0.1) is 0 Å². The molecule has 0 bridgehead atoms. The lowest BCUT2D eigenvalue weighted by molar-refractivity contribution is 0.179. The molecule has 0 amide bonds. The molecule has 0 unspecified atom stereocenters. The number of fused-ring (bicyclic) bond motifs is 7. The Labute approximate surface area is 206 Å². The van der Waals surface area contributed by atoms with Crippen LogP contribution in [0.2, 0.25) is 0 Å². The summed E-state index contributed by atoms with van der Waals surface area (Å²) in [5.41, 5.74) is 4.12. The molecular weight excluding hydrogens is 436 g/mol. The Bertz CT molecular complexity index is 1390. The van der Waals surface area contributed by atoms with Gasteiger partial charge in [0.15, 0.2) is 11.5 Å². The van der Waals surface area contributed by atoms with Crippen LogP contribution in [0.5, 0.6) is 17.2 Å². The van der Waals surface area contributed by atoms with E-state index in [4.69, 9.17) is 14.2 Å². The topological polar surface area (TPSA) is 43.0 Å². The number of ether oxygens (including phenoxy) is 3. The summed E-state index contributed by atoms with van der Waals surface area (Å²) in [6.07, 6.45) is 2.45. The number of hydrogen-bond donors (Lipinski definition) is 1. The lowest BCUT2D eigenvalue weighted by Gasteiger charge is -2.40. The monoisotopic (exact) mass is 468 g/mol. The lowest BCUT2D eigenvalue weighted by Crippen LogP contribution is -2.44. The molecule has 4 aromatic carbocycles. The first-order chi connectivity index (χ1) is 17.2. The van der Waals surface area contributed by atoms with Crippen molar-refractivity contribution < 1.29 is 14.2 Å². The Hall–Kier alpha value is -3.28. The van der Waals surface area contributed by atoms with Gasteiger partial charge >= 0.3 is 0 Å². The largest absolute Gasteiger partial charge is 0.497 e. The molecule has 0 radical (unpaired) electrons. The summed E-state index contributed by atoms with van der Waals surface area (Å²) in [7, 11) is 5.14. The van der Waals surface area contributed by atoms with E-state index in [2.05, 4.69) is 70.9 Å². The van der Waals surface area contributed by atoms with Crippen LogP contribution >= 0.6 is 0 Å². The van der Waals surface area contributed by atoms with E-state index in [9.17, 15) is 0 Å². The number of nitrogens with zero attached hydrogens (tertiary/aromatic N) is 1. The third-order valence-electron chi connectivity index (χ3n) is 7.82. The van der Waals surface area contributed by atoms with Crippen LogP contribution in [-0.4, -0.2) is 38.8 Å². The molecule has 0 aliphatic carbocycles. The lowest BCUT2D eigenvalue weighted by atomic mass is 9.82. The Morgan fingerprint density at radius 2 is 1.57 bits per heavy atom. The summed E-state index contributed by atoms with van der Waals surface area (Å²) >= 11 is 0. The first-order valence-corrected chi connectivity index (χ1v) is 12.4. The fourth-order valence-electron chi connectivity index (χ4n) is 6.18. The minimum atomic E-state index is 0.245. The number of methoxy groups -OCH3 is 3. The zero-order valence-electron chi connectivity index (χ0n) is 20.6. The quantitative estimate of drug-likeness (QED) is 0.361. The molecule has 0 saturated carbocycles. The summed E-state index contributed by atoms with van der Waals surface area (Å²) in [6.45, 7) is 2.94. The number of hydrogen-bond acceptors (Lipinski definition) is 5. The number of benzene rings is 4. The van der Waals surface area contributed by atoms with Gasteiger partial charge in [0, 0.05) is 25.2 Å². The molecule has 5 nitrogen and oxygen atoms in total. The van der Waals surface area contributed by atoms with E-state index < -0.39 is 0 Å². The standard InChI is InChI=1S/C30H32N2O3/c1-33-20-11-12-21-22(14-20)23-15-27(34-2)28(35-3)16-24(23)25-18-32-13-7-10-26(32)30(29(21)25)31-17-19-8-5-4-6-9-19/h4-6,8-9,11-12,14-16,26,30-31H,7,10,13,17-18H2,1-3H3/t26-,30+/m0/s1. The van der Waals surface area contributed by atoms with Gasteiger partial charge in [0.1, 0.15) is 5.75 Å². The van der Waals surface area contributed by atoms with Gasteiger partial charge in [-0.2, -0.15) is 0 Å². The Balaban J connectivity index is 1.61. The molecule has 180 valence electrons. The smallest absolute Gasteiger partial charge is 0.161 e. The number of nitrogens with one attached hydrogen (secondary N) is 1. The average Bonchev–Trinajstić information content (AvgIpc) is 3.39. The minimum Gasteiger partial charge on any atom is -0.497 e. The van der Waals surface area contributed by atoms with E-state index in [0.29, 0.717) is 6.04 Å². The molecular formula is C30H32N2O3. The van der Waals surface area contributed by atoms with Crippen molar-refractivity contribution in [1.82, 2.24) is 10.2 Å². The van der Waals surface area contributed by atoms with Crippen LogP contribution in [-0.2, 0) is 13.1 Å². The molecule has 2 aliphatic rings. The molecule has 6 rings (SSSR count). The minimum absolute atomic E-state index is 0.245. The summed E-state index contributed by atoms with van der Waals surface area (Å²) in [4.78, 5) is 2.66. The normalized spacial score (nSPS) is 19.5. The van der Waals surface area contributed by atoms with Crippen LogP contribution in [0.1, 0.15) is 35.6 Å². The van der Waals surface area contributed by atoms with E-state index in [-0.39, 0.29) is 6.04 Å². The molecule has 1 fully saturated rings. The van der Waals surface area contributed by atoms with Crippen LogP contribution in [0.4, 0.5) is 0 Å². The second-order valence-electron chi connectivity index (χ2n) is 9.58. The Kier molecular flexibility index (Phi) is 5.75. The van der Waals surface area contributed by atoms with Gasteiger partial charge in [-0.25, -0.2) is 0 Å². The number of rotatable bonds is 6. The summed E-state index contributed by atoms with van der Waals surface area (Å²) in [5.74, 6) is 2.38. The molecule has 5 heteroatoms. The van der Waals surface area contributed by atoms with E-state index in [0.717, 1.165) is 36.9 Å². The molecule has 2 atom stereocenters. The predicted molar refractivity (Wildman–Crippen MR) is 141 cm³/mol. The molecule has 0 spiro atoms. The summed E-state index contributed by atoms with van der Waals surface area (Å²) < 4.78 is 17.1. The zero-order valence-corrected chi connectivity index (χ0v) is 20.6. The molecule has 2 aliphatic heterocycles. The highest BCUT2D eigenvalue weighted by atomic mass is 16.5. The van der Waals surface area contributed by atoms with Crippen molar-refractivity contribution >= 4 is 21.5 Å². The summed E-state index contributed by atoms with van der Waals surface area (Å²) in [5, 5.41) is 8.86. The van der Waals surface area contributed by atoms with Gasteiger partial charge < -0.3 is 19.5 Å². The van der Waals surface area contributed by atoms with Crippen LogP contribution in [0.25, 0.3) is 21.5 Å². The highest BCUT2D eigenvalue weighted by molar-refractivity contribution is 6.12. The van der Waals surface area contributed by atoms with Crippen molar-refractivity contribution in [3.63, 3.8) is 0 Å².